The molecule has 0 aromatic heterocycles. The van der Waals surface area contributed by atoms with Gasteiger partial charge in [-0.15, -0.1) is 0 Å². The molecule has 25 heavy (non-hydrogen) atoms. The lowest BCUT2D eigenvalue weighted by Gasteiger charge is -2.29. The third-order valence-electron chi connectivity index (χ3n) is 4.78. The van der Waals surface area contributed by atoms with Gasteiger partial charge in [-0.2, -0.15) is 0 Å². The molecule has 2 heterocycles. The first-order chi connectivity index (χ1) is 12.2. The molecule has 0 aliphatic carbocycles. The Bertz CT molecular complexity index is 601. The van der Waals surface area contributed by atoms with E-state index in [0.29, 0.717) is 19.6 Å². The third kappa shape index (κ3) is 5.17. The maximum Gasteiger partial charge on any atom is 0.318 e. The van der Waals surface area contributed by atoms with Gasteiger partial charge >= 0.3 is 6.03 Å². The van der Waals surface area contributed by atoms with Crippen molar-refractivity contribution in [2.24, 2.45) is 0 Å². The molecule has 0 spiro atoms. The fourth-order valence-corrected chi connectivity index (χ4v) is 3.29. The van der Waals surface area contributed by atoms with Crippen LogP contribution in [-0.4, -0.2) is 74.1 Å². The number of rotatable bonds is 5. The molecule has 1 saturated heterocycles. The summed E-state index contributed by atoms with van der Waals surface area (Å²) in [5, 5.41) is 8.90. The molecule has 0 atom stereocenters. The smallest absolute Gasteiger partial charge is 0.318 e. The number of fused-ring (bicyclic) bond motifs is 1. The van der Waals surface area contributed by atoms with Gasteiger partial charge in [-0.05, 0) is 17.5 Å². The molecule has 136 valence electrons. The molecule has 1 aromatic rings. The van der Waals surface area contributed by atoms with Crippen LogP contribution in [0.4, 0.5) is 4.79 Å². The van der Waals surface area contributed by atoms with E-state index < -0.39 is 0 Å². The van der Waals surface area contributed by atoms with Crippen molar-refractivity contribution >= 4 is 11.9 Å². The topological polar surface area (TPSA) is 76.7 Å². The van der Waals surface area contributed by atoms with Gasteiger partial charge in [0.05, 0.1) is 6.54 Å². The van der Waals surface area contributed by atoms with Gasteiger partial charge in [0.15, 0.2) is 0 Å². The Labute approximate surface area is 148 Å². The van der Waals surface area contributed by atoms with Crippen LogP contribution in [0.5, 0.6) is 0 Å². The monoisotopic (exact) mass is 345 g/mol. The number of benzene rings is 1. The average Bonchev–Trinajstić information content (AvgIpc) is 2.66. The molecule has 3 N–H and O–H groups in total. The van der Waals surface area contributed by atoms with Gasteiger partial charge in [0, 0.05) is 52.4 Å². The van der Waals surface area contributed by atoms with E-state index in [1.54, 1.807) is 4.90 Å². The quantitative estimate of drug-likeness (QED) is 0.689. The van der Waals surface area contributed by atoms with Crippen molar-refractivity contribution in [1.82, 2.24) is 25.8 Å². The Morgan fingerprint density at radius 2 is 1.80 bits per heavy atom. The summed E-state index contributed by atoms with van der Waals surface area (Å²) < 4.78 is 0. The van der Waals surface area contributed by atoms with Crippen LogP contribution in [-0.2, 0) is 17.8 Å². The minimum atomic E-state index is -0.174. The minimum Gasteiger partial charge on any atom is -0.353 e. The number of amides is 3. The van der Waals surface area contributed by atoms with Crippen molar-refractivity contribution in [2.75, 3.05) is 52.4 Å². The maximum absolute atomic E-state index is 12.3. The Morgan fingerprint density at radius 1 is 1.04 bits per heavy atom. The summed E-state index contributed by atoms with van der Waals surface area (Å²) in [4.78, 5) is 28.2. The van der Waals surface area contributed by atoms with Gasteiger partial charge in [0.2, 0.25) is 5.91 Å². The zero-order valence-electron chi connectivity index (χ0n) is 14.6. The Balaban J connectivity index is 1.34. The molecule has 0 saturated carbocycles. The highest BCUT2D eigenvalue weighted by molar-refractivity contribution is 5.84. The van der Waals surface area contributed by atoms with Crippen LogP contribution in [0.25, 0.3) is 0 Å². The molecule has 2 aliphatic heterocycles. The lowest BCUT2D eigenvalue weighted by molar-refractivity contribution is -0.120. The first kappa shape index (κ1) is 17.7. The largest absolute Gasteiger partial charge is 0.353 e. The molecule has 0 bridgehead atoms. The summed E-state index contributed by atoms with van der Waals surface area (Å²) in [5.41, 5.74) is 2.49. The molecule has 3 rings (SSSR count). The van der Waals surface area contributed by atoms with Crippen molar-refractivity contribution in [3.63, 3.8) is 0 Å². The number of nitrogens with zero attached hydrogens (tertiary/aromatic N) is 2. The molecular formula is C18H27N5O2. The molecular weight excluding hydrogens is 318 g/mol. The number of hydrogen-bond donors (Lipinski definition) is 3. The van der Waals surface area contributed by atoms with Gasteiger partial charge in [-0.25, -0.2) is 4.79 Å². The highest BCUT2D eigenvalue weighted by atomic mass is 16.2. The van der Waals surface area contributed by atoms with Crippen molar-refractivity contribution in [1.29, 1.82) is 0 Å². The minimum absolute atomic E-state index is 0.0263. The van der Waals surface area contributed by atoms with Crippen molar-refractivity contribution in [3.05, 3.63) is 35.4 Å². The fourth-order valence-electron chi connectivity index (χ4n) is 3.29. The van der Waals surface area contributed by atoms with Crippen molar-refractivity contribution < 1.29 is 9.59 Å². The highest BCUT2D eigenvalue weighted by Gasteiger charge is 2.20. The van der Waals surface area contributed by atoms with Gasteiger partial charge in [0.25, 0.3) is 0 Å². The molecule has 1 aromatic carbocycles. The average molecular weight is 345 g/mol. The van der Waals surface area contributed by atoms with Crippen molar-refractivity contribution in [3.8, 4) is 0 Å². The summed E-state index contributed by atoms with van der Waals surface area (Å²) in [7, 11) is 0. The lowest BCUT2D eigenvalue weighted by Crippen LogP contribution is -2.48. The van der Waals surface area contributed by atoms with Gasteiger partial charge in [-0.1, -0.05) is 24.3 Å². The first-order valence-electron chi connectivity index (χ1n) is 9.02. The predicted octanol–water partition coefficient (Wildman–Crippen LogP) is -0.224. The number of hydrogen-bond acceptors (Lipinski definition) is 4. The number of carbonyl (C=O) groups excluding carboxylic acids is 2. The van der Waals surface area contributed by atoms with E-state index in [1.807, 2.05) is 12.1 Å². The van der Waals surface area contributed by atoms with Gasteiger partial charge in [0.1, 0.15) is 0 Å². The Hall–Kier alpha value is -2.12. The molecule has 7 heteroatoms. The predicted molar refractivity (Wildman–Crippen MR) is 96.3 cm³/mol. The summed E-state index contributed by atoms with van der Waals surface area (Å²) in [6.45, 7) is 6.83. The van der Waals surface area contributed by atoms with Crippen LogP contribution in [0.3, 0.4) is 0 Å². The van der Waals surface area contributed by atoms with E-state index in [-0.39, 0.29) is 18.5 Å². The van der Waals surface area contributed by atoms with E-state index in [9.17, 15) is 9.59 Å². The summed E-state index contributed by atoms with van der Waals surface area (Å²) in [6, 6.07) is 8.01. The molecule has 1 fully saturated rings. The zero-order chi connectivity index (χ0) is 17.5. The summed E-state index contributed by atoms with van der Waals surface area (Å²) in [5.74, 6) is -0.138. The zero-order valence-corrected chi connectivity index (χ0v) is 14.6. The summed E-state index contributed by atoms with van der Waals surface area (Å²) in [6.07, 6.45) is 0.862. The Morgan fingerprint density at radius 3 is 2.60 bits per heavy atom. The third-order valence-corrected chi connectivity index (χ3v) is 4.78. The van der Waals surface area contributed by atoms with Crippen LogP contribution in [0.2, 0.25) is 0 Å². The van der Waals surface area contributed by atoms with Crippen LogP contribution in [0.15, 0.2) is 24.3 Å². The second-order valence-electron chi connectivity index (χ2n) is 6.54. The lowest BCUT2D eigenvalue weighted by atomic mass is 10.0. The normalized spacial score (nSPS) is 17.7. The molecule has 3 amide bonds. The van der Waals surface area contributed by atoms with Crippen LogP contribution < -0.4 is 16.0 Å². The number of nitrogens with one attached hydrogen (secondary N) is 3. The molecule has 0 unspecified atom stereocenters. The number of piperazine rings is 1. The first-order valence-corrected chi connectivity index (χ1v) is 9.02. The van der Waals surface area contributed by atoms with Crippen LogP contribution >= 0.6 is 0 Å². The second kappa shape index (κ2) is 8.82. The summed E-state index contributed by atoms with van der Waals surface area (Å²) >= 11 is 0. The SMILES string of the molecule is O=C(CNC(=O)N1CCc2ccccc2C1)NCCN1CCNCC1. The number of urea groups is 1. The Kier molecular flexibility index (Phi) is 6.25. The standard InChI is InChI=1S/C18H27N5O2/c24-17(20-8-12-22-10-6-19-7-11-22)13-21-18(25)23-9-5-15-3-1-2-4-16(15)14-23/h1-4,19H,5-14H2,(H,20,24)(H,21,25). The van der Waals surface area contributed by atoms with E-state index >= 15 is 0 Å². The van der Waals surface area contributed by atoms with Crippen LogP contribution in [0, 0.1) is 0 Å². The number of carbonyl (C=O) groups is 2. The van der Waals surface area contributed by atoms with Gasteiger partial charge in [-0.3, -0.25) is 9.69 Å². The van der Waals surface area contributed by atoms with Crippen molar-refractivity contribution in [2.45, 2.75) is 13.0 Å². The maximum atomic E-state index is 12.3. The molecule has 2 aliphatic rings. The van der Waals surface area contributed by atoms with E-state index in [2.05, 4.69) is 33.0 Å². The highest BCUT2D eigenvalue weighted by Crippen LogP contribution is 2.18. The molecule has 7 nitrogen and oxygen atoms in total. The van der Waals surface area contributed by atoms with Crippen LogP contribution in [0.1, 0.15) is 11.1 Å². The second-order valence-corrected chi connectivity index (χ2v) is 6.54. The fraction of sp³-hybridized carbons (Fsp3) is 0.556. The van der Waals surface area contributed by atoms with E-state index in [1.165, 1.54) is 11.1 Å². The van der Waals surface area contributed by atoms with E-state index in [4.69, 9.17) is 0 Å². The van der Waals surface area contributed by atoms with E-state index in [0.717, 1.165) is 39.1 Å². The molecule has 0 radical (unpaired) electrons. The van der Waals surface area contributed by atoms with Gasteiger partial charge < -0.3 is 20.9 Å².